The molecule has 0 heterocycles. The van der Waals surface area contributed by atoms with Gasteiger partial charge in [-0.2, -0.15) is 13.2 Å². The maximum absolute atomic E-state index is 13.5. The maximum Gasteiger partial charge on any atom is 0.419 e. The number of nitrogens with two attached hydrogens (primary N) is 1. The highest BCUT2D eigenvalue weighted by Gasteiger charge is 2.38. The molecule has 106 valence electrons. The number of hydrogen-bond donors (Lipinski definition) is 1. The monoisotopic (exact) mass is 275 g/mol. The summed E-state index contributed by atoms with van der Waals surface area (Å²) in [6.07, 6.45) is -0.682. The molecule has 1 aliphatic carbocycles. The van der Waals surface area contributed by atoms with Gasteiger partial charge in [-0.15, -0.1) is 0 Å². The molecule has 0 bridgehead atoms. The van der Waals surface area contributed by atoms with Crippen LogP contribution < -0.4 is 5.73 Å². The van der Waals surface area contributed by atoms with E-state index < -0.39 is 23.6 Å². The van der Waals surface area contributed by atoms with Crippen molar-refractivity contribution in [2.45, 2.75) is 44.8 Å². The Labute approximate surface area is 109 Å². The van der Waals surface area contributed by atoms with Gasteiger partial charge in [0.1, 0.15) is 5.82 Å². The van der Waals surface area contributed by atoms with E-state index in [-0.39, 0.29) is 5.41 Å². The zero-order valence-corrected chi connectivity index (χ0v) is 10.7. The Morgan fingerprint density at radius 2 is 1.79 bits per heavy atom. The summed E-state index contributed by atoms with van der Waals surface area (Å²) >= 11 is 0. The Kier molecular flexibility index (Phi) is 3.60. The van der Waals surface area contributed by atoms with Crippen LogP contribution in [0.4, 0.5) is 17.6 Å². The van der Waals surface area contributed by atoms with Gasteiger partial charge in [-0.05, 0) is 36.0 Å². The molecule has 1 aromatic rings. The fraction of sp³-hybridized carbons (Fsp3) is 0.571. The second kappa shape index (κ2) is 4.78. The van der Waals surface area contributed by atoms with E-state index in [4.69, 9.17) is 5.73 Å². The lowest BCUT2D eigenvalue weighted by atomic mass is 9.77. The third-order valence-electron chi connectivity index (χ3n) is 4.15. The molecular formula is C14H17F4N. The minimum absolute atomic E-state index is 0.147. The summed E-state index contributed by atoms with van der Waals surface area (Å²) in [5.41, 5.74) is 5.17. The van der Waals surface area contributed by atoms with Crippen LogP contribution in [0.5, 0.6) is 0 Å². The molecule has 2 rings (SSSR count). The Morgan fingerprint density at radius 3 is 2.26 bits per heavy atom. The van der Waals surface area contributed by atoms with Gasteiger partial charge in [-0.1, -0.05) is 25.8 Å². The second-order valence-corrected chi connectivity index (χ2v) is 5.58. The molecule has 1 atom stereocenters. The first-order valence-electron chi connectivity index (χ1n) is 6.36. The SMILES string of the molecule is CC1(C(N)c2ccc(C(F)(F)F)c(F)c2)CCCC1. The molecule has 1 fully saturated rings. The van der Waals surface area contributed by atoms with Crippen LogP contribution in [0.25, 0.3) is 0 Å². The van der Waals surface area contributed by atoms with Crippen LogP contribution in [-0.2, 0) is 6.18 Å². The molecule has 1 unspecified atom stereocenters. The van der Waals surface area contributed by atoms with Gasteiger partial charge in [0.25, 0.3) is 0 Å². The van der Waals surface area contributed by atoms with Crippen LogP contribution in [-0.4, -0.2) is 0 Å². The largest absolute Gasteiger partial charge is 0.419 e. The molecule has 0 amide bonds. The van der Waals surface area contributed by atoms with E-state index in [9.17, 15) is 17.6 Å². The predicted octanol–water partition coefficient (Wildman–Crippen LogP) is 4.42. The van der Waals surface area contributed by atoms with E-state index in [1.165, 1.54) is 6.07 Å². The number of hydrogen-bond acceptors (Lipinski definition) is 1. The normalized spacial score (nSPS) is 20.5. The van der Waals surface area contributed by atoms with Gasteiger partial charge in [0, 0.05) is 6.04 Å². The highest BCUT2D eigenvalue weighted by Crippen LogP contribution is 2.46. The molecular weight excluding hydrogens is 258 g/mol. The molecule has 2 N–H and O–H groups in total. The molecule has 0 aromatic heterocycles. The highest BCUT2D eigenvalue weighted by molar-refractivity contribution is 5.29. The summed E-state index contributed by atoms with van der Waals surface area (Å²) in [5, 5.41) is 0. The lowest BCUT2D eigenvalue weighted by molar-refractivity contribution is -0.140. The first-order chi connectivity index (χ1) is 8.74. The quantitative estimate of drug-likeness (QED) is 0.794. The van der Waals surface area contributed by atoms with Crippen molar-refractivity contribution in [3.05, 3.63) is 35.1 Å². The van der Waals surface area contributed by atoms with Gasteiger partial charge in [0.2, 0.25) is 0 Å². The summed E-state index contributed by atoms with van der Waals surface area (Å²) in [6.45, 7) is 2.01. The van der Waals surface area contributed by atoms with Crippen molar-refractivity contribution >= 4 is 0 Å². The topological polar surface area (TPSA) is 26.0 Å². The molecule has 0 spiro atoms. The fourth-order valence-electron chi connectivity index (χ4n) is 2.85. The van der Waals surface area contributed by atoms with Gasteiger partial charge in [0.15, 0.2) is 0 Å². The standard InChI is InChI=1S/C14H17F4N/c1-13(6-2-3-7-13)12(19)9-4-5-10(11(15)8-9)14(16,17)18/h4-5,8,12H,2-3,6-7,19H2,1H3. The molecule has 1 aliphatic rings. The van der Waals surface area contributed by atoms with Crippen molar-refractivity contribution in [3.8, 4) is 0 Å². The maximum atomic E-state index is 13.5. The van der Waals surface area contributed by atoms with Crippen molar-refractivity contribution in [1.82, 2.24) is 0 Å². The van der Waals surface area contributed by atoms with E-state index in [2.05, 4.69) is 0 Å². The number of benzene rings is 1. The number of halogens is 4. The Bertz CT molecular complexity index is 461. The number of rotatable bonds is 2. The first kappa shape index (κ1) is 14.3. The fourth-order valence-corrected chi connectivity index (χ4v) is 2.85. The first-order valence-corrected chi connectivity index (χ1v) is 6.36. The molecule has 1 saturated carbocycles. The molecule has 0 saturated heterocycles. The van der Waals surface area contributed by atoms with E-state index >= 15 is 0 Å². The Morgan fingerprint density at radius 1 is 1.21 bits per heavy atom. The third kappa shape index (κ3) is 2.76. The predicted molar refractivity (Wildman–Crippen MR) is 64.9 cm³/mol. The minimum Gasteiger partial charge on any atom is -0.323 e. The van der Waals surface area contributed by atoms with E-state index in [1.54, 1.807) is 0 Å². The molecule has 5 heteroatoms. The van der Waals surface area contributed by atoms with Crippen molar-refractivity contribution in [3.63, 3.8) is 0 Å². The van der Waals surface area contributed by atoms with Crippen molar-refractivity contribution in [2.24, 2.45) is 11.1 Å². The van der Waals surface area contributed by atoms with Crippen molar-refractivity contribution in [2.75, 3.05) is 0 Å². The van der Waals surface area contributed by atoms with E-state index in [0.717, 1.165) is 37.8 Å². The van der Waals surface area contributed by atoms with Crippen molar-refractivity contribution < 1.29 is 17.6 Å². The molecule has 19 heavy (non-hydrogen) atoms. The van der Waals surface area contributed by atoms with Gasteiger partial charge in [-0.3, -0.25) is 0 Å². The van der Waals surface area contributed by atoms with Crippen LogP contribution in [0.2, 0.25) is 0 Å². The Hall–Kier alpha value is -1.10. The molecule has 1 nitrogen and oxygen atoms in total. The van der Waals surface area contributed by atoms with Crippen LogP contribution >= 0.6 is 0 Å². The van der Waals surface area contributed by atoms with E-state index in [1.807, 2.05) is 6.92 Å². The van der Waals surface area contributed by atoms with Crippen LogP contribution in [0.15, 0.2) is 18.2 Å². The second-order valence-electron chi connectivity index (χ2n) is 5.58. The Balaban J connectivity index is 2.29. The summed E-state index contributed by atoms with van der Waals surface area (Å²) in [4.78, 5) is 0. The molecule has 1 aromatic carbocycles. The summed E-state index contributed by atoms with van der Waals surface area (Å²) in [6, 6.07) is 2.58. The van der Waals surface area contributed by atoms with Crippen LogP contribution in [0.1, 0.15) is 49.8 Å². The zero-order valence-electron chi connectivity index (χ0n) is 10.7. The lowest BCUT2D eigenvalue weighted by Gasteiger charge is -2.31. The van der Waals surface area contributed by atoms with Crippen LogP contribution in [0, 0.1) is 11.2 Å². The third-order valence-corrected chi connectivity index (χ3v) is 4.15. The average molecular weight is 275 g/mol. The summed E-state index contributed by atoms with van der Waals surface area (Å²) < 4.78 is 51.0. The average Bonchev–Trinajstić information content (AvgIpc) is 2.74. The van der Waals surface area contributed by atoms with Crippen LogP contribution in [0.3, 0.4) is 0 Å². The smallest absolute Gasteiger partial charge is 0.323 e. The molecule has 0 radical (unpaired) electrons. The zero-order chi connectivity index (χ0) is 14.3. The molecule has 0 aliphatic heterocycles. The lowest BCUT2D eigenvalue weighted by Crippen LogP contribution is -2.29. The van der Waals surface area contributed by atoms with Gasteiger partial charge >= 0.3 is 6.18 Å². The van der Waals surface area contributed by atoms with Gasteiger partial charge in [-0.25, -0.2) is 4.39 Å². The minimum atomic E-state index is -4.66. The van der Waals surface area contributed by atoms with Gasteiger partial charge < -0.3 is 5.73 Å². The number of alkyl halides is 3. The summed E-state index contributed by atoms with van der Waals surface area (Å²) in [7, 11) is 0. The summed E-state index contributed by atoms with van der Waals surface area (Å²) in [5.74, 6) is -1.25. The highest BCUT2D eigenvalue weighted by atomic mass is 19.4. The van der Waals surface area contributed by atoms with E-state index in [0.29, 0.717) is 5.56 Å². The van der Waals surface area contributed by atoms with Gasteiger partial charge in [0.05, 0.1) is 5.56 Å². The van der Waals surface area contributed by atoms with Crippen molar-refractivity contribution in [1.29, 1.82) is 0 Å².